The van der Waals surface area contributed by atoms with Gasteiger partial charge in [0, 0.05) is 6.20 Å². The third-order valence-corrected chi connectivity index (χ3v) is 0.891. The summed E-state index contributed by atoms with van der Waals surface area (Å²) in [4.78, 5) is 10.6. The normalized spacial score (nSPS) is 13.2. The minimum Gasteiger partial charge on any atom is -0.464 e. The predicted octanol–water partition coefficient (Wildman–Crippen LogP) is -0.361. The summed E-state index contributed by atoms with van der Waals surface area (Å²) in [6.07, 6.45) is 1.48. The SMILES string of the molecule is CC.COC(=O)C1=CNNN1. The van der Waals surface area contributed by atoms with Gasteiger partial charge in [-0.3, -0.25) is 5.43 Å². The molecule has 3 N–H and O–H groups in total. The number of esters is 1. The molecule has 64 valence electrons. The Morgan fingerprint density at radius 1 is 1.55 bits per heavy atom. The molecule has 0 amide bonds. The molecule has 0 aromatic carbocycles. The van der Waals surface area contributed by atoms with E-state index in [1.165, 1.54) is 13.3 Å². The maximum atomic E-state index is 10.6. The molecule has 1 rings (SSSR count). The standard InChI is InChI=1S/C4H7N3O2.C2H6/c1-9-4(8)3-2-5-7-6-3;1-2/h2,5-7H,1H3;1-2H3. The Balaban J connectivity index is 0.000000461. The fourth-order valence-corrected chi connectivity index (χ4v) is 0.468. The number of hydrogen-bond donors (Lipinski definition) is 3. The highest BCUT2D eigenvalue weighted by molar-refractivity contribution is 5.87. The zero-order chi connectivity index (χ0) is 8.69. The maximum absolute atomic E-state index is 10.6. The van der Waals surface area contributed by atoms with E-state index in [1.807, 2.05) is 13.8 Å². The second-order valence-electron chi connectivity index (χ2n) is 1.44. The van der Waals surface area contributed by atoms with Gasteiger partial charge in [0.25, 0.3) is 0 Å². The summed E-state index contributed by atoms with van der Waals surface area (Å²) in [5.41, 5.74) is 7.96. The first-order chi connectivity index (χ1) is 5.34. The van der Waals surface area contributed by atoms with Crippen molar-refractivity contribution < 1.29 is 9.53 Å². The highest BCUT2D eigenvalue weighted by Crippen LogP contribution is 1.90. The highest BCUT2D eigenvalue weighted by Gasteiger charge is 2.10. The molecule has 11 heavy (non-hydrogen) atoms. The molecule has 0 unspecified atom stereocenters. The smallest absolute Gasteiger partial charge is 0.357 e. The summed E-state index contributed by atoms with van der Waals surface area (Å²) >= 11 is 0. The highest BCUT2D eigenvalue weighted by atomic mass is 16.5. The van der Waals surface area contributed by atoms with E-state index in [-0.39, 0.29) is 0 Å². The molecule has 0 aromatic heterocycles. The molecule has 1 aliphatic rings. The molecule has 0 bridgehead atoms. The van der Waals surface area contributed by atoms with Gasteiger partial charge in [0.15, 0.2) is 5.70 Å². The van der Waals surface area contributed by atoms with Gasteiger partial charge >= 0.3 is 5.97 Å². The second-order valence-corrected chi connectivity index (χ2v) is 1.44. The second kappa shape index (κ2) is 5.55. The minimum absolute atomic E-state index is 0.373. The van der Waals surface area contributed by atoms with E-state index in [0.717, 1.165) is 0 Å². The van der Waals surface area contributed by atoms with Crippen LogP contribution in [-0.2, 0) is 9.53 Å². The molecule has 0 aliphatic carbocycles. The van der Waals surface area contributed by atoms with Gasteiger partial charge in [-0.1, -0.05) is 13.8 Å². The molecular formula is C6H13N3O2. The van der Waals surface area contributed by atoms with Gasteiger partial charge in [0.1, 0.15) is 0 Å². The van der Waals surface area contributed by atoms with Crippen molar-refractivity contribution in [2.75, 3.05) is 7.11 Å². The first-order valence-electron chi connectivity index (χ1n) is 3.39. The topological polar surface area (TPSA) is 62.4 Å². The number of ether oxygens (including phenoxy) is 1. The number of carbonyl (C=O) groups excluding carboxylic acids is 1. The summed E-state index contributed by atoms with van der Waals surface area (Å²) < 4.78 is 4.38. The van der Waals surface area contributed by atoms with Crippen molar-refractivity contribution in [2.24, 2.45) is 0 Å². The third-order valence-electron chi connectivity index (χ3n) is 0.891. The Bertz CT molecular complexity index is 156. The van der Waals surface area contributed by atoms with Gasteiger partial charge in [-0.15, -0.1) is 0 Å². The number of rotatable bonds is 1. The first-order valence-corrected chi connectivity index (χ1v) is 3.39. The van der Waals surface area contributed by atoms with Crippen LogP contribution in [-0.4, -0.2) is 13.1 Å². The van der Waals surface area contributed by atoms with Gasteiger partial charge in [-0.05, 0) is 0 Å². The van der Waals surface area contributed by atoms with Crippen molar-refractivity contribution in [3.8, 4) is 0 Å². The maximum Gasteiger partial charge on any atom is 0.357 e. The molecular weight excluding hydrogens is 146 g/mol. The number of hydrazine groups is 2. The van der Waals surface area contributed by atoms with E-state index in [0.29, 0.717) is 5.70 Å². The first kappa shape index (κ1) is 9.77. The van der Waals surface area contributed by atoms with E-state index >= 15 is 0 Å². The molecule has 0 aromatic rings. The van der Waals surface area contributed by atoms with Crippen molar-refractivity contribution in [3.05, 3.63) is 11.9 Å². The number of hydrogen-bond acceptors (Lipinski definition) is 5. The number of methoxy groups -OCH3 is 1. The summed E-state index contributed by atoms with van der Waals surface area (Å²) in [5, 5.41) is 0. The molecule has 0 fully saturated rings. The molecule has 0 saturated heterocycles. The van der Waals surface area contributed by atoms with Gasteiger partial charge in [-0.2, -0.15) is 5.53 Å². The summed E-state index contributed by atoms with van der Waals surface area (Å²) in [6.45, 7) is 4.00. The van der Waals surface area contributed by atoms with Crippen LogP contribution in [0.4, 0.5) is 0 Å². The average Bonchev–Trinajstić information content (AvgIpc) is 2.59. The summed E-state index contributed by atoms with van der Waals surface area (Å²) in [6, 6.07) is 0. The Labute approximate surface area is 65.7 Å². The molecule has 0 radical (unpaired) electrons. The van der Waals surface area contributed by atoms with Crippen molar-refractivity contribution in [2.45, 2.75) is 13.8 Å². The lowest BCUT2D eigenvalue weighted by molar-refractivity contribution is -0.136. The van der Waals surface area contributed by atoms with Crippen LogP contribution in [0.25, 0.3) is 0 Å². The zero-order valence-electron chi connectivity index (χ0n) is 6.89. The molecule has 0 spiro atoms. The van der Waals surface area contributed by atoms with Crippen LogP contribution in [0, 0.1) is 0 Å². The minimum atomic E-state index is -0.396. The molecule has 1 heterocycles. The lowest BCUT2D eigenvalue weighted by atomic mass is 10.5. The van der Waals surface area contributed by atoms with Crippen LogP contribution in [0.5, 0.6) is 0 Å². The Kier molecular flexibility index (Phi) is 4.93. The van der Waals surface area contributed by atoms with E-state index < -0.39 is 5.97 Å². The Hall–Kier alpha value is -1.23. The lowest BCUT2D eigenvalue weighted by Crippen LogP contribution is -2.33. The molecule has 0 atom stereocenters. The van der Waals surface area contributed by atoms with Crippen LogP contribution in [0.1, 0.15) is 13.8 Å². The largest absolute Gasteiger partial charge is 0.464 e. The Morgan fingerprint density at radius 2 is 2.18 bits per heavy atom. The lowest BCUT2D eigenvalue weighted by Gasteiger charge is -1.97. The summed E-state index contributed by atoms with van der Waals surface area (Å²) in [7, 11) is 1.32. The van der Waals surface area contributed by atoms with Gasteiger partial charge in [0.2, 0.25) is 0 Å². The van der Waals surface area contributed by atoms with Gasteiger partial charge in [0.05, 0.1) is 7.11 Å². The molecule has 5 nitrogen and oxygen atoms in total. The van der Waals surface area contributed by atoms with Crippen LogP contribution < -0.4 is 16.4 Å². The molecule has 0 saturated carbocycles. The monoisotopic (exact) mass is 159 g/mol. The average molecular weight is 159 g/mol. The van der Waals surface area contributed by atoms with Crippen LogP contribution in [0.3, 0.4) is 0 Å². The summed E-state index contributed by atoms with van der Waals surface area (Å²) in [5.74, 6) is -0.396. The molecule has 5 heteroatoms. The third kappa shape index (κ3) is 2.90. The van der Waals surface area contributed by atoms with Crippen LogP contribution in [0.2, 0.25) is 0 Å². The number of carbonyl (C=O) groups is 1. The zero-order valence-corrected chi connectivity index (χ0v) is 6.89. The fraction of sp³-hybridized carbons (Fsp3) is 0.500. The van der Waals surface area contributed by atoms with Crippen molar-refractivity contribution >= 4 is 5.97 Å². The molecule has 1 aliphatic heterocycles. The van der Waals surface area contributed by atoms with E-state index in [9.17, 15) is 4.79 Å². The van der Waals surface area contributed by atoms with Crippen molar-refractivity contribution in [3.63, 3.8) is 0 Å². The number of nitrogens with one attached hydrogen (secondary N) is 3. The Morgan fingerprint density at radius 3 is 2.55 bits per heavy atom. The van der Waals surface area contributed by atoms with E-state index in [4.69, 9.17) is 0 Å². The van der Waals surface area contributed by atoms with Crippen LogP contribution >= 0.6 is 0 Å². The predicted molar refractivity (Wildman–Crippen MR) is 40.9 cm³/mol. The van der Waals surface area contributed by atoms with Crippen molar-refractivity contribution in [1.82, 2.24) is 16.4 Å². The van der Waals surface area contributed by atoms with Crippen molar-refractivity contribution in [1.29, 1.82) is 0 Å². The van der Waals surface area contributed by atoms with Gasteiger partial charge < -0.3 is 10.2 Å². The van der Waals surface area contributed by atoms with E-state index in [2.05, 4.69) is 21.1 Å². The fourth-order valence-electron chi connectivity index (χ4n) is 0.468. The van der Waals surface area contributed by atoms with Gasteiger partial charge in [-0.25, -0.2) is 4.79 Å². The quantitative estimate of drug-likeness (QED) is 0.456. The van der Waals surface area contributed by atoms with Crippen LogP contribution in [0.15, 0.2) is 11.9 Å². The van der Waals surface area contributed by atoms with E-state index in [1.54, 1.807) is 0 Å².